The van der Waals surface area contributed by atoms with Crippen molar-refractivity contribution in [3.8, 4) is 0 Å². The van der Waals surface area contributed by atoms with Gasteiger partial charge in [0.1, 0.15) is 5.54 Å². The van der Waals surface area contributed by atoms with E-state index in [-0.39, 0.29) is 11.8 Å². The van der Waals surface area contributed by atoms with Crippen molar-refractivity contribution >= 4 is 5.91 Å². The van der Waals surface area contributed by atoms with Crippen molar-refractivity contribution in [2.75, 3.05) is 19.8 Å². The lowest BCUT2D eigenvalue weighted by molar-refractivity contribution is -0.130. The molecular formula is C33H67NO4. The summed E-state index contributed by atoms with van der Waals surface area (Å²) in [5.74, 6) is -0.242. The summed E-state index contributed by atoms with van der Waals surface area (Å²) in [5, 5.41) is 31.6. The summed E-state index contributed by atoms with van der Waals surface area (Å²) in [4.78, 5) is 13.0. The first-order valence-corrected chi connectivity index (χ1v) is 16.7. The van der Waals surface area contributed by atoms with E-state index in [0.29, 0.717) is 0 Å². The SMILES string of the molecule is CCCCCCCCCCCCCCCCCCCC(CCCCCCCC)C(=O)NC(CO)(CO)CO. The molecule has 0 aliphatic heterocycles. The van der Waals surface area contributed by atoms with E-state index in [2.05, 4.69) is 19.2 Å². The van der Waals surface area contributed by atoms with E-state index in [1.165, 1.54) is 122 Å². The molecule has 5 heteroatoms. The van der Waals surface area contributed by atoms with Crippen LogP contribution in [0.2, 0.25) is 0 Å². The molecule has 0 aromatic carbocycles. The second kappa shape index (κ2) is 27.9. The van der Waals surface area contributed by atoms with Gasteiger partial charge in [0.2, 0.25) is 5.91 Å². The molecule has 0 heterocycles. The molecule has 0 saturated heterocycles. The van der Waals surface area contributed by atoms with E-state index in [1.54, 1.807) is 0 Å². The maximum Gasteiger partial charge on any atom is 0.223 e. The zero-order valence-corrected chi connectivity index (χ0v) is 25.6. The minimum Gasteiger partial charge on any atom is -0.394 e. The molecule has 0 radical (unpaired) electrons. The topological polar surface area (TPSA) is 89.8 Å². The Balaban J connectivity index is 4.00. The van der Waals surface area contributed by atoms with Crippen LogP contribution in [-0.4, -0.2) is 46.6 Å². The number of hydrogen-bond acceptors (Lipinski definition) is 4. The zero-order chi connectivity index (χ0) is 28.2. The molecule has 0 bridgehead atoms. The molecule has 0 aromatic rings. The quantitative estimate of drug-likeness (QED) is 0.0689. The molecule has 0 aliphatic rings. The second-order valence-electron chi connectivity index (χ2n) is 11.9. The van der Waals surface area contributed by atoms with Crippen molar-refractivity contribution < 1.29 is 20.1 Å². The number of amides is 1. The van der Waals surface area contributed by atoms with Crippen LogP contribution in [0, 0.1) is 5.92 Å². The van der Waals surface area contributed by atoms with Crippen LogP contribution < -0.4 is 5.32 Å². The fourth-order valence-electron chi connectivity index (χ4n) is 5.33. The number of carbonyl (C=O) groups excluding carboxylic acids is 1. The standard InChI is InChI=1S/C33H67NO4/c1-3-5-7-9-11-12-13-14-15-16-17-18-19-20-21-23-25-27-31(26-24-22-10-8-6-4-2)32(38)34-33(28-35,29-36)30-37/h31,35-37H,3-30H2,1-2H3,(H,34,38). The van der Waals surface area contributed by atoms with Gasteiger partial charge in [-0.15, -0.1) is 0 Å². The lowest BCUT2D eigenvalue weighted by atomic mass is 9.91. The highest BCUT2D eigenvalue weighted by molar-refractivity contribution is 5.79. The maximum atomic E-state index is 13.0. The Morgan fingerprint density at radius 3 is 1.03 bits per heavy atom. The first-order chi connectivity index (χ1) is 18.6. The average Bonchev–Trinajstić information content (AvgIpc) is 2.94. The number of nitrogens with one attached hydrogen (secondary N) is 1. The fourth-order valence-corrected chi connectivity index (χ4v) is 5.33. The van der Waals surface area contributed by atoms with Crippen LogP contribution in [0.4, 0.5) is 0 Å². The summed E-state index contributed by atoms with van der Waals surface area (Å²) in [6.45, 7) is 3.10. The van der Waals surface area contributed by atoms with Crippen molar-refractivity contribution in [2.45, 2.75) is 180 Å². The third-order valence-corrected chi connectivity index (χ3v) is 8.23. The zero-order valence-electron chi connectivity index (χ0n) is 25.6. The highest BCUT2D eigenvalue weighted by Gasteiger charge is 2.32. The van der Waals surface area contributed by atoms with E-state index in [1.807, 2.05) is 0 Å². The van der Waals surface area contributed by atoms with Gasteiger partial charge in [0, 0.05) is 5.92 Å². The molecule has 0 spiro atoms. The largest absolute Gasteiger partial charge is 0.394 e. The number of aliphatic hydroxyl groups excluding tert-OH is 3. The van der Waals surface area contributed by atoms with Crippen LogP contribution >= 0.6 is 0 Å². The van der Waals surface area contributed by atoms with Gasteiger partial charge in [0.25, 0.3) is 0 Å². The molecular weight excluding hydrogens is 474 g/mol. The Kier molecular flexibility index (Phi) is 27.4. The maximum absolute atomic E-state index is 13.0. The molecule has 5 nitrogen and oxygen atoms in total. The molecule has 228 valence electrons. The normalized spacial score (nSPS) is 12.7. The first kappa shape index (κ1) is 37.4. The van der Waals surface area contributed by atoms with Crippen molar-refractivity contribution in [2.24, 2.45) is 5.92 Å². The van der Waals surface area contributed by atoms with Crippen LogP contribution in [0.5, 0.6) is 0 Å². The monoisotopic (exact) mass is 542 g/mol. The van der Waals surface area contributed by atoms with E-state index in [4.69, 9.17) is 0 Å². The van der Waals surface area contributed by atoms with Gasteiger partial charge >= 0.3 is 0 Å². The predicted molar refractivity (Wildman–Crippen MR) is 162 cm³/mol. The highest BCUT2D eigenvalue weighted by atomic mass is 16.3. The smallest absolute Gasteiger partial charge is 0.223 e. The third-order valence-electron chi connectivity index (χ3n) is 8.23. The van der Waals surface area contributed by atoms with Gasteiger partial charge in [0.15, 0.2) is 0 Å². The molecule has 0 saturated carbocycles. The van der Waals surface area contributed by atoms with E-state index < -0.39 is 25.4 Å². The predicted octanol–water partition coefficient (Wildman–Crippen LogP) is 8.23. The Morgan fingerprint density at radius 2 is 0.763 bits per heavy atom. The van der Waals surface area contributed by atoms with Crippen LogP contribution in [0.25, 0.3) is 0 Å². The van der Waals surface area contributed by atoms with Crippen molar-refractivity contribution in [1.82, 2.24) is 5.32 Å². The van der Waals surface area contributed by atoms with E-state index >= 15 is 0 Å². The summed E-state index contributed by atoms with van der Waals surface area (Å²) in [5.41, 5.74) is -1.33. The molecule has 1 unspecified atom stereocenters. The summed E-state index contributed by atoms with van der Waals surface area (Å²) in [6, 6.07) is 0. The Hall–Kier alpha value is -0.650. The summed E-state index contributed by atoms with van der Waals surface area (Å²) < 4.78 is 0. The van der Waals surface area contributed by atoms with Crippen molar-refractivity contribution in [3.63, 3.8) is 0 Å². The summed E-state index contributed by atoms with van der Waals surface area (Å²) in [6.07, 6.45) is 31.7. The van der Waals surface area contributed by atoms with Crippen LogP contribution in [0.3, 0.4) is 0 Å². The molecule has 0 rings (SSSR count). The number of aliphatic hydroxyl groups is 3. The van der Waals surface area contributed by atoms with Crippen LogP contribution in [-0.2, 0) is 4.79 Å². The highest BCUT2D eigenvalue weighted by Crippen LogP contribution is 2.21. The minimum atomic E-state index is -1.33. The average molecular weight is 542 g/mol. The Morgan fingerprint density at radius 1 is 0.500 bits per heavy atom. The number of rotatable bonds is 30. The first-order valence-electron chi connectivity index (χ1n) is 16.7. The van der Waals surface area contributed by atoms with Gasteiger partial charge in [-0.3, -0.25) is 4.79 Å². The lowest BCUT2D eigenvalue weighted by Gasteiger charge is -2.31. The Bertz CT molecular complexity index is 487. The van der Waals surface area contributed by atoms with Crippen molar-refractivity contribution in [1.29, 1.82) is 0 Å². The lowest BCUT2D eigenvalue weighted by Crippen LogP contribution is -2.58. The van der Waals surface area contributed by atoms with Crippen LogP contribution in [0.15, 0.2) is 0 Å². The van der Waals surface area contributed by atoms with E-state index in [0.717, 1.165) is 38.5 Å². The van der Waals surface area contributed by atoms with Gasteiger partial charge in [0.05, 0.1) is 19.8 Å². The molecule has 38 heavy (non-hydrogen) atoms. The van der Waals surface area contributed by atoms with Gasteiger partial charge in [-0.2, -0.15) is 0 Å². The fraction of sp³-hybridized carbons (Fsp3) is 0.970. The third kappa shape index (κ3) is 21.2. The van der Waals surface area contributed by atoms with Gasteiger partial charge < -0.3 is 20.6 Å². The molecule has 0 fully saturated rings. The molecule has 4 N–H and O–H groups in total. The minimum absolute atomic E-state index is 0.110. The second-order valence-corrected chi connectivity index (χ2v) is 11.9. The van der Waals surface area contributed by atoms with Crippen LogP contribution in [0.1, 0.15) is 174 Å². The number of unbranched alkanes of at least 4 members (excludes halogenated alkanes) is 21. The summed E-state index contributed by atoms with van der Waals surface area (Å²) >= 11 is 0. The van der Waals surface area contributed by atoms with Gasteiger partial charge in [-0.1, -0.05) is 162 Å². The molecule has 1 atom stereocenters. The number of hydrogen-bond donors (Lipinski definition) is 4. The van der Waals surface area contributed by atoms with E-state index in [9.17, 15) is 20.1 Å². The summed E-state index contributed by atoms with van der Waals surface area (Å²) in [7, 11) is 0. The van der Waals surface area contributed by atoms with Gasteiger partial charge in [-0.25, -0.2) is 0 Å². The molecule has 0 aromatic heterocycles. The van der Waals surface area contributed by atoms with Gasteiger partial charge in [-0.05, 0) is 12.8 Å². The molecule has 1 amide bonds. The molecule has 0 aliphatic carbocycles. The Labute approximate surface area is 237 Å². The number of carbonyl (C=O) groups is 1. The van der Waals surface area contributed by atoms with Crippen molar-refractivity contribution in [3.05, 3.63) is 0 Å².